The molecule has 162 valence electrons. The number of nitrogens with zero attached hydrogens (tertiary/aromatic N) is 2. The van der Waals surface area contributed by atoms with Crippen LogP contribution in [0.15, 0.2) is 65.3 Å². The van der Waals surface area contributed by atoms with Gasteiger partial charge in [0.05, 0.1) is 6.21 Å². The van der Waals surface area contributed by atoms with Crippen LogP contribution in [0.1, 0.15) is 47.2 Å². The fourth-order valence-corrected chi connectivity index (χ4v) is 5.11. The summed E-state index contributed by atoms with van der Waals surface area (Å²) in [5.41, 5.74) is 5.98. The molecule has 5 nitrogen and oxygen atoms in total. The molecule has 0 saturated carbocycles. The van der Waals surface area contributed by atoms with Gasteiger partial charge in [0, 0.05) is 25.2 Å². The lowest BCUT2D eigenvalue weighted by atomic mass is 9.69. The highest BCUT2D eigenvalue weighted by atomic mass is 16.4. The first-order valence-electron chi connectivity index (χ1n) is 11.2. The summed E-state index contributed by atoms with van der Waals surface area (Å²) in [5, 5.41) is 14.7. The average molecular weight is 418 g/mol. The predicted octanol–water partition coefficient (Wildman–Crippen LogP) is 4.43. The van der Waals surface area contributed by atoms with E-state index in [2.05, 4.69) is 52.8 Å². The molecule has 0 bridgehead atoms. The lowest BCUT2D eigenvalue weighted by Crippen LogP contribution is -2.40. The van der Waals surface area contributed by atoms with Crippen molar-refractivity contribution in [1.29, 1.82) is 0 Å². The molecule has 5 heteroatoms. The van der Waals surface area contributed by atoms with Crippen LogP contribution >= 0.6 is 0 Å². The van der Waals surface area contributed by atoms with Crippen molar-refractivity contribution in [3.8, 4) is 0 Å². The Balaban J connectivity index is 1.40. The number of carbonyl (C=O) groups is 1. The van der Waals surface area contributed by atoms with Gasteiger partial charge in [-0.2, -0.15) is 0 Å². The highest BCUT2D eigenvalue weighted by Gasteiger charge is 2.34. The molecule has 31 heavy (non-hydrogen) atoms. The zero-order valence-electron chi connectivity index (χ0n) is 18.1. The summed E-state index contributed by atoms with van der Waals surface area (Å²) in [4.78, 5) is 15.0. The van der Waals surface area contributed by atoms with Crippen molar-refractivity contribution in [1.82, 2.24) is 10.2 Å². The summed E-state index contributed by atoms with van der Waals surface area (Å²) in [6, 6.07) is 17.9. The molecule has 0 spiro atoms. The zero-order chi connectivity index (χ0) is 21.6. The molecule has 2 aromatic carbocycles. The third-order valence-corrected chi connectivity index (χ3v) is 6.74. The van der Waals surface area contributed by atoms with E-state index in [4.69, 9.17) is 5.21 Å². The minimum atomic E-state index is -0.0511. The van der Waals surface area contributed by atoms with Crippen LogP contribution in [0.3, 0.4) is 0 Å². The van der Waals surface area contributed by atoms with Gasteiger partial charge in [0.15, 0.2) is 0 Å². The molecule has 2 aromatic rings. The lowest BCUT2D eigenvalue weighted by Gasteiger charge is -2.42. The lowest BCUT2D eigenvalue weighted by molar-refractivity contribution is 0.0947. The molecule has 1 saturated heterocycles. The second-order valence-corrected chi connectivity index (χ2v) is 8.70. The largest absolute Gasteiger partial charge is 0.411 e. The maximum atomic E-state index is 12.5. The summed E-state index contributed by atoms with van der Waals surface area (Å²) in [6.07, 6.45) is 5.81. The number of oxime groups is 1. The van der Waals surface area contributed by atoms with Crippen molar-refractivity contribution in [2.45, 2.75) is 25.7 Å². The first-order valence-corrected chi connectivity index (χ1v) is 11.2. The smallest absolute Gasteiger partial charge is 0.251 e. The minimum absolute atomic E-state index is 0.0511. The second kappa shape index (κ2) is 9.92. The van der Waals surface area contributed by atoms with Gasteiger partial charge in [-0.3, -0.25) is 4.79 Å². The number of carbonyl (C=O) groups excluding carboxylic acids is 1. The van der Waals surface area contributed by atoms with E-state index in [0.29, 0.717) is 23.9 Å². The molecular formula is C26H31N3O2. The molecule has 1 fully saturated rings. The molecule has 0 aromatic heterocycles. The Morgan fingerprint density at radius 2 is 1.94 bits per heavy atom. The van der Waals surface area contributed by atoms with Gasteiger partial charge in [0.1, 0.15) is 0 Å². The predicted molar refractivity (Wildman–Crippen MR) is 124 cm³/mol. The molecule has 2 N–H and O–H groups in total. The monoisotopic (exact) mass is 417 g/mol. The summed E-state index contributed by atoms with van der Waals surface area (Å²) in [5.74, 6) is 1.13. The molecule has 0 radical (unpaired) electrons. The molecule has 1 amide bonds. The molecule has 1 aliphatic heterocycles. The van der Waals surface area contributed by atoms with Crippen LogP contribution in [-0.4, -0.2) is 48.9 Å². The molecule has 2 atom stereocenters. The third-order valence-electron chi connectivity index (χ3n) is 6.74. The van der Waals surface area contributed by atoms with Gasteiger partial charge in [0.2, 0.25) is 0 Å². The van der Waals surface area contributed by atoms with Gasteiger partial charge in [-0.15, -0.1) is 0 Å². The van der Waals surface area contributed by atoms with Gasteiger partial charge in [0.25, 0.3) is 5.91 Å². The van der Waals surface area contributed by atoms with Gasteiger partial charge in [-0.25, -0.2) is 0 Å². The van der Waals surface area contributed by atoms with E-state index >= 15 is 0 Å². The Bertz CT molecular complexity index is 950. The van der Waals surface area contributed by atoms with Gasteiger partial charge in [-0.1, -0.05) is 53.2 Å². The van der Waals surface area contributed by atoms with Gasteiger partial charge >= 0.3 is 0 Å². The Labute approximate surface area is 184 Å². The van der Waals surface area contributed by atoms with E-state index < -0.39 is 0 Å². The molecular weight excluding hydrogens is 386 g/mol. The average Bonchev–Trinajstić information content (AvgIpc) is 2.80. The fraction of sp³-hybridized carbons (Fsp3) is 0.385. The minimum Gasteiger partial charge on any atom is -0.411 e. The van der Waals surface area contributed by atoms with Gasteiger partial charge in [-0.05, 0) is 73.4 Å². The van der Waals surface area contributed by atoms with Crippen LogP contribution in [0, 0.1) is 11.8 Å². The molecule has 1 aliphatic carbocycles. The molecule has 1 heterocycles. The Kier molecular flexibility index (Phi) is 6.82. The van der Waals surface area contributed by atoms with Crippen molar-refractivity contribution in [2.75, 3.05) is 26.7 Å². The van der Waals surface area contributed by atoms with Crippen molar-refractivity contribution in [3.63, 3.8) is 0 Å². The second-order valence-electron chi connectivity index (χ2n) is 8.70. The quantitative estimate of drug-likeness (QED) is 0.415. The molecule has 4 rings (SSSR count). The highest BCUT2D eigenvalue weighted by Crippen LogP contribution is 2.44. The highest BCUT2D eigenvalue weighted by molar-refractivity contribution is 5.95. The number of likely N-dealkylation sites (tertiary alicyclic amines) is 1. The third kappa shape index (κ3) is 5.05. The maximum Gasteiger partial charge on any atom is 0.251 e. The fourth-order valence-electron chi connectivity index (χ4n) is 5.11. The van der Waals surface area contributed by atoms with Crippen molar-refractivity contribution < 1.29 is 10.0 Å². The number of amides is 1. The zero-order valence-corrected chi connectivity index (χ0v) is 18.1. The standard InChI is InChI=1S/C26H31N3O2/c1-29-16-14-24-23(20-5-3-2-4-6-20)12-11-21(25(24)18-29)13-15-27-26(30)22-9-7-19(8-10-22)17-28-31/h2-10,17,21,25,31H,11-16,18H2,1H3,(H,27,30)/b28-17+. The van der Waals surface area contributed by atoms with E-state index in [1.165, 1.54) is 18.2 Å². The Hall–Kier alpha value is -2.92. The number of nitrogens with one attached hydrogen (secondary N) is 1. The van der Waals surface area contributed by atoms with Crippen LogP contribution in [0.2, 0.25) is 0 Å². The van der Waals surface area contributed by atoms with E-state index in [9.17, 15) is 4.79 Å². The van der Waals surface area contributed by atoms with Crippen LogP contribution in [-0.2, 0) is 0 Å². The number of benzene rings is 2. The number of hydrogen-bond donors (Lipinski definition) is 2. The van der Waals surface area contributed by atoms with Crippen LogP contribution in [0.25, 0.3) is 5.57 Å². The SMILES string of the molecule is CN1CCC2=C(c3ccccc3)CCC(CCNC(=O)c3ccc(/C=N/O)cc3)C2C1. The van der Waals surface area contributed by atoms with Crippen molar-refractivity contribution in [2.24, 2.45) is 17.0 Å². The number of rotatable bonds is 6. The summed E-state index contributed by atoms with van der Waals surface area (Å²) in [6.45, 7) is 2.93. The summed E-state index contributed by atoms with van der Waals surface area (Å²) in [7, 11) is 2.22. The van der Waals surface area contributed by atoms with Crippen LogP contribution in [0.5, 0.6) is 0 Å². The first-order chi connectivity index (χ1) is 15.2. The van der Waals surface area contributed by atoms with E-state index in [0.717, 1.165) is 37.9 Å². The Morgan fingerprint density at radius 1 is 1.16 bits per heavy atom. The van der Waals surface area contributed by atoms with Gasteiger partial charge < -0.3 is 15.4 Å². The normalized spacial score (nSPS) is 21.8. The Morgan fingerprint density at radius 3 is 2.68 bits per heavy atom. The van der Waals surface area contributed by atoms with E-state index in [1.807, 2.05) is 0 Å². The van der Waals surface area contributed by atoms with E-state index in [1.54, 1.807) is 35.4 Å². The first kappa shape index (κ1) is 21.3. The van der Waals surface area contributed by atoms with Crippen LogP contribution < -0.4 is 5.32 Å². The number of piperidine rings is 1. The van der Waals surface area contributed by atoms with Crippen LogP contribution in [0.4, 0.5) is 0 Å². The topological polar surface area (TPSA) is 64.9 Å². The van der Waals surface area contributed by atoms with E-state index in [-0.39, 0.29) is 5.91 Å². The summed E-state index contributed by atoms with van der Waals surface area (Å²) >= 11 is 0. The van der Waals surface area contributed by atoms with Crippen molar-refractivity contribution >= 4 is 17.7 Å². The number of fused-ring (bicyclic) bond motifs is 1. The maximum absolute atomic E-state index is 12.5. The summed E-state index contributed by atoms with van der Waals surface area (Å²) < 4.78 is 0. The number of hydrogen-bond acceptors (Lipinski definition) is 4. The van der Waals surface area contributed by atoms with Crippen molar-refractivity contribution in [3.05, 3.63) is 76.9 Å². The molecule has 2 aliphatic rings. The number of allylic oxidation sites excluding steroid dienone is 1. The molecule has 2 unspecified atom stereocenters.